The van der Waals surface area contributed by atoms with Gasteiger partial charge in [-0.1, -0.05) is 23.2 Å². The van der Waals surface area contributed by atoms with Gasteiger partial charge in [0.1, 0.15) is 11.8 Å². The number of hydrogen-bond donors (Lipinski definition) is 0. The molecule has 0 aliphatic rings. The fourth-order valence-corrected chi connectivity index (χ4v) is 2.30. The van der Waals surface area contributed by atoms with Gasteiger partial charge in [0.05, 0.1) is 12.1 Å². The second-order valence-corrected chi connectivity index (χ2v) is 4.82. The molecule has 0 bridgehead atoms. The van der Waals surface area contributed by atoms with Gasteiger partial charge in [-0.15, -0.1) is 0 Å². The molecule has 21 heavy (non-hydrogen) atoms. The smallest absolute Gasteiger partial charge is 0.267 e. The summed E-state index contributed by atoms with van der Waals surface area (Å²) in [7, 11) is 1.47. The average molecular weight is 322 g/mol. The molecule has 106 valence electrons. The van der Waals surface area contributed by atoms with Crippen molar-refractivity contribution >= 4 is 34.1 Å². The van der Waals surface area contributed by atoms with Gasteiger partial charge >= 0.3 is 0 Å². The highest BCUT2D eigenvalue weighted by molar-refractivity contribution is 6.35. The molecule has 3 aromatic rings. The van der Waals surface area contributed by atoms with E-state index >= 15 is 0 Å². The lowest BCUT2D eigenvalue weighted by Crippen LogP contribution is -1.96. The van der Waals surface area contributed by atoms with Crippen LogP contribution in [0.3, 0.4) is 0 Å². The van der Waals surface area contributed by atoms with Gasteiger partial charge in [0, 0.05) is 11.6 Å². The van der Waals surface area contributed by atoms with Gasteiger partial charge in [-0.25, -0.2) is 4.98 Å². The van der Waals surface area contributed by atoms with Crippen molar-refractivity contribution in [1.82, 2.24) is 15.0 Å². The zero-order chi connectivity index (χ0) is 14.8. The number of pyridine rings is 1. The van der Waals surface area contributed by atoms with Crippen molar-refractivity contribution < 1.29 is 9.47 Å². The second-order valence-electron chi connectivity index (χ2n) is 4.05. The van der Waals surface area contributed by atoms with E-state index in [-0.39, 0.29) is 16.8 Å². The van der Waals surface area contributed by atoms with Crippen LogP contribution >= 0.6 is 23.2 Å². The van der Waals surface area contributed by atoms with Crippen molar-refractivity contribution in [3.8, 4) is 17.4 Å². The molecule has 0 N–H and O–H groups in total. The maximum Gasteiger partial charge on any atom is 0.267 e. The van der Waals surface area contributed by atoms with Crippen molar-refractivity contribution in [2.45, 2.75) is 0 Å². The Morgan fingerprint density at radius 2 is 1.90 bits per heavy atom. The Labute approximate surface area is 130 Å². The van der Waals surface area contributed by atoms with E-state index in [2.05, 4.69) is 15.0 Å². The third-order valence-electron chi connectivity index (χ3n) is 2.82. The second kappa shape index (κ2) is 5.71. The first-order valence-corrected chi connectivity index (χ1v) is 6.72. The molecule has 2 heterocycles. The van der Waals surface area contributed by atoms with Crippen LogP contribution in [0.5, 0.6) is 17.4 Å². The highest BCUT2D eigenvalue weighted by Gasteiger charge is 2.15. The molecule has 3 rings (SSSR count). The highest BCUT2D eigenvalue weighted by Crippen LogP contribution is 2.37. The van der Waals surface area contributed by atoms with Crippen LogP contribution < -0.4 is 9.47 Å². The van der Waals surface area contributed by atoms with Crippen LogP contribution in [-0.4, -0.2) is 22.1 Å². The molecule has 2 aromatic heterocycles. The van der Waals surface area contributed by atoms with Gasteiger partial charge in [0.25, 0.3) is 5.88 Å². The van der Waals surface area contributed by atoms with Crippen molar-refractivity contribution in [2.24, 2.45) is 0 Å². The quantitative estimate of drug-likeness (QED) is 0.679. The molecule has 0 aliphatic heterocycles. The lowest BCUT2D eigenvalue weighted by molar-refractivity contribution is 0.368. The number of rotatable bonds is 3. The van der Waals surface area contributed by atoms with Crippen molar-refractivity contribution in [2.75, 3.05) is 7.11 Å². The number of nitrogens with zero attached hydrogens (tertiary/aromatic N) is 3. The van der Waals surface area contributed by atoms with Gasteiger partial charge in [0.2, 0.25) is 5.75 Å². The lowest BCUT2D eigenvalue weighted by Gasteiger charge is -2.11. The Bertz CT molecular complexity index is 811. The topological polar surface area (TPSA) is 57.1 Å². The highest BCUT2D eigenvalue weighted by atomic mass is 35.5. The molecule has 0 fully saturated rings. The summed E-state index contributed by atoms with van der Waals surface area (Å²) in [5.74, 6) is 0.980. The van der Waals surface area contributed by atoms with E-state index in [4.69, 9.17) is 32.7 Å². The Hall–Kier alpha value is -2.11. The number of benzene rings is 1. The van der Waals surface area contributed by atoms with Crippen LogP contribution in [0.25, 0.3) is 10.9 Å². The van der Waals surface area contributed by atoms with Crippen molar-refractivity contribution in [1.29, 1.82) is 0 Å². The molecule has 0 spiro atoms. The summed E-state index contributed by atoms with van der Waals surface area (Å²) in [4.78, 5) is 12.2. The average Bonchev–Trinajstić information content (AvgIpc) is 2.51. The van der Waals surface area contributed by atoms with Gasteiger partial charge < -0.3 is 9.47 Å². The minimum Gasteiger partial charge on any atom is -0.489 e. The van der Waals surface area contributed by atoms with E-state index in [9.17, 15) is 0 Å². The minimum absolute atomic E-state index is 0.175. The first-order valence-electron chi connectivity index (χ1n) is 5.96. The Balaban J connectivity index is 2.11. The number of halogens is 2. The van der Waals surface area contributed by atoms with E-state index in [1.165, 1.54) is 13.4 Å². The predicted octanol–water partition coefficient (Wildman–Crippen LogP) is 4.13. The standard InChI is InChI=1S/C14H9Cl2N3O2/c1-20-12-13(16)18-7-19-14(12)21-10-5-4-9(15)8-3-2-6-17-11(8)10/h2-7H,1H3. The SMILES string of the molecule is COc1c(Cl)ncnc1Oc1ccc(Cl)c2cccnc12. The number of methoxy groups -OCH3 is 1. The predicted molar refractivity (Wildman–Crippen MR) is 80.4 cm³/mol. The number of fused-ring (bicyclic) bond motifs is 1. The largest absolute Gasteiger partial charge is 0.489 e. The Kier molecular flexibility index (Phi) is 3.77. The molecule has 0 atom stereocenters. The van der Waals surface area contributed by atoms with Crippen LogP contribution in [0.15, 0.2) is 36.8 Å². The molecule has 7 heteroatoms. The summed E-state index contributed by atoms with van der Waals surface area (Å²) in [6.45, 7) is 0. The van der Waals surface area contributed by atoms with Gasteiger partial charge in [-0.05, 0) is 24.3 Å². The van der Waals surface area contributed by atoms with Gasteiger partial charge in [-0.3, -0.25) is 4.98 Å². The van der Waals surface area contributed by atoms with Gasteiger partial charge in [0.15, 0.2) is 10.9 Å². The molecule has 0 aliphatic carbocycles. The molecule has 0 saturated heterocycles. The summed E-state index contributed by atoms with van der Waals surface area (Å²) < 4.78 is 10.9. The summed E-state index contributed by atoms with van der Waals surface area (Å²) in [5.41, 5.74) is 0.627. The van der Waals surface area contributed by atoms with Crippen molar-refractivity contribution in [3.05, 3.63) is 47.0 Å². The zero-order valence-corrected chi connectivity index (χ0v) is 12.4. The maximum atomic E-state index is 6.15. The van der Waals surface area contributed by atoms with E-state index in [1.807, 2.05) is 6.07 Å². The first-order chi connectivity index (χ1) is 10.2. The van der Waals surface area contributed by atoms with Crippen LogP contribution in [-0.2, 0) is 0 Å². The third kappa shape index (κ3) is 2.57. The molecule has 1 aromatic carbocycles. The van der Waals surface area contributed by atoms with Crippen LogP contribution in [0.2, 0.25) is 10.2 Å². The zero-order valence-electron chi connectivity index (χ0n) is 10.9. The van der Waals surface area contributed by atoms with E-state index < -0.39 is 0 Å². The minimum atomic E-state index is 0.175. The van der Waals surface area contributed by atoms with E-state index in [0.29, 0.717) is 16.3 Å². The fraction of sp³-hybridized carbons (Fsp3) is 0.0714. The monoisotopic (exact) mass is 321 g/mol. The summed E-state index contributed by atoms with van der Waals surface area (Å²) in [6.07, 6.45) is 2.96. The van der Waals surface area contributed by atoms with Crippen molar-refractivity contribution in [3.63, 3.8) is 0 Å². The molecular formula is C14H9Cl2N3O2. The Morgan fingerprint density at radius 1 is 1.05 bits per heavy atom. The van der Waals surface area contributed by atoms with E-state index in [0.717, 1.165) is 5.39 Å². The lowest BCUT2D eigenvalue weighted by atomic mass is 10.2. The van der Waals surface area contributed by atoms with Crippen LogP contribution in [0.4, 0.5) is 0 Å². The normalized spacial score (nSPS) is 10.6. The summed E-state index contributed by atoms with van der Waals surface area (Å²) in [5, 5.41) is 1.56. The van der Waals surface area contributed by atoms with Crippen LogP contribution in [0, 0.1) is 0 Å². The Morgan fingerprint density at radius 3 is 2.71 bits per heavy atom. The molecule has 5 nitrogen and oxygen atoms in total. The van der Waals surface area contributed by atoms with E-state index in [1.54, 1.807) is 24.4 Å². The third-order valence-corrected chi connectivity index (χ3v) is 3.42. The van der Waals surface area contributed by atoms with Crippen LogP contribution in [0.1, 0.15) is 0 Å². The molecule has 0 saturated carbocycles. The summed E-state index contributed by atoms with van der Waals surface area (Å²) >= 11 is 12.1. The fourth-order valence-electron chi connectivity index (χ4n) is 1.88. The van der Waals surface area contributed by atoms with Gasteiger partial charge in [-0.2, -0.15) is 4.98 Å². The number of hydrogen-bond acceptors (Lipinski definition) is 5. The molecule has 0 unspecified atom stereocenters. The maximum absolute atomic E-state index is 6.15. The molecular weight excluding hydrogens is 313 g/mol. The number of ether oxygens (including phenoxy) is 2. The molecule has 0 amide bonds. The first kappa shape index (κ1) is 13.9. The summed E-state index contributed by atoms with van der Waals surface area (Å²) in [6, 6.07) is 7.12. The number of aromatic nitrogens is 3. The molecule has 0 radical (unpaired) electrons.